The molecule has 2 atom stereocenters. The van der Waals surface area contributed by atoms with Gasteiger partial charge < -0.3 is 24.8 Å². The topological polar surface area (TPSA) is 0 Å². The van der Waals surface area contributed by atoms with Crippen molar-refractivity contribution in [2.24, 2.45) is 0 Å². The maximum atomic E-state index is 2.55. The van der Waals surface area contributed by atoms with E-state index in [2.05, 4.69) is 91.9 Å². The second-order valence-electron chi connectivity index (χ2n) is 6.61. The molecule has 0 bridgehead atoms. The zero-order valence-corrected chi connectivity index (χ0v) is 20.3. The minimum atomic E-state index is -1.63. The van der Waals surface area contributed by atoms with Gasteiger partial charge in [0.2, 0.25) is 0 Å². The van der Waals surface area contributed by atoms with Gasteiger partial charge in [0, 0.05) is 0 Å². The first-order valence-corrected chi connectivity index (χ1v) is 18.7. The Morgan fingerprint density at radius 2 is 1.35 bits per heavy atom. The van der Waals surface area contributed by atoms with Gasteiger partial charge in [-0.3, -0.25) is 0 Å². The molecule has 2 unspecified atom stereocenters. The molecule has 0 saturated heterocycles. The van der Waals surface area contributed by atoms with Crippen LogP contribution in [-0.4, -0.2) is 6.65 Å². The van der Waals surface area contributed by atoms with Gasteiger partial charge in [-0.05, 0) is 0 Å². The fourth-order valence-corrected chi connectivity index (χ4v) is 23.9. The van der Waals surface area contributed by atoms with E-state index < -0.39 is 20.9 Å². The third-order valence-corrected chi connectivity index (χ3v) is 24.4. The van der Waals surface area contributed by atoms with Gasteiger partial charge in [-0.2, -0.15) is 0 Å². The molecule has 0 fully saturated rings. The van der Waals surface area contributed by atoms with Crippen molar-refractivity contribution in [3.63, 3.8) is 0 Å². The summed E-state index contributed by atoms with van der Waals surface area (Å²) < 4.78 is 1.56. The molecule has 4 heteroatoms. The van der Waals surface area contributed by atoms with Crippen LogP contribution in [0.1, 0.15) is 36.4 Å². The van der Waals surface area contributed by atoms with Crippen LogP contribution in [0.25, 0.3) is 12.2 Å². The van der Waals surface area contributed by atoms with E-state index in [-0.39, 0.29) is 31.5 Å². The van der Waals surface area contributed by atoms with Gasteiger partial charge in [-0.1, -0.05) is 0 Å². The molecule has 0 aliphatic heterocycles. The Bertz CT molecular complexity index is 767. The van der Waals surface area contributed by atoms with Crippen LogP contribution in [0, 0.1) is 0 Å². The SMILES string of the molecule is CC=CC[SiH2][Zr+2]([CH]1C=Cc2ccccc21)[CH]1C=Cc2ccccc21.[Cl-].[Cl-]. The smallest absolute Gasteiger partial charge is 1.00 e. The summed E-state index contributed by atoms with van der Waals surface area (Å²) in [7, 11) is 0. The predicted octanol–water partition coefficient (Wildman–Crippen LogP) is -0.773. The molecule has 0 saturated carbocycles. The Morgan fingerprint density at radius 1 is 0.846 bits per heavy atom. The molecule has 0 amide bonds. The fraction of sp³-hybridized carbons (Fsp3) is 0.182. The number of allylic oxidation sites excluding steroid dienone is 4. The molecular formula is C22H23Cl2SiZr. The van der Waals surface area contributed by atoms with Crippen LogP contribution < -0.4 is 24.8 Å². The second-order valence-corrected chi connectivity index (χ2v) is 22.1. The number of hydrogen-bond donors (Lipinski definition) is 0. The number of halogens is 2. The molecule has 2 aliphatic carbocycles. The molecule has 26 heavy (non-hydrogen) atoms. The summed E-state index contributed by atoms with van der Waals surface area (Å²) >= 11 is -1.63. The van der Waals surface area contributed by atoms with Crippen LogP contribution in [-0.2, 0) is 20.9 Å². The fourth-order valence-electron chi connectivity index (χ4n) is 4.07. The molecule has 0 heterocycles. The summed E-state index contributed by atoms with van der Waals surface area (Å²) in [5.41, 5.74) is 6.18. The van der Waals surface area contributed by atoms with E-state index in [4.69, 9.17) is 0 Å². The van der Waals surface area contributed by atoms with Gasteiger partial charge in [0.05, 0.1) is 0 Å². The van der Waals surface area contributed by atoms with Crippen molar-refractivity contribution in [3.8, 4) is 0 Å². The maximum absolute atomic E-state index is 2.55. The van der Waals surface area contributed by atoms with E-state index in [0.717, 1.165) is 7.25 Å². The average Bonchev–Trinajstić information content (AvgIpc) is 3.24. The van der Waals surface area contributed by atoms with Gasteiger partial charge in [-0.25, -0.2) is 0 Å². The van der Waals surface area contributed by atoms with Crippen molar-refractivity contribution < 1.29 is 45.7 Å². The number of fused-ring (bicyclic) bond motifs is 2. The number of rotatable bonds is 5. The molecule has 0 spiro atoms. The number of hydrogen-bond acceptors (Lipinski definition) is 0. The van der Waals surface area contributed by atoms with Gasteiger partial charge in [0.15, 0.2) is 0 Å². The van der Waals surface area contributed by atoms with Gasteiger partial charge >= 0.3 is 155 Å². The molecule has 2 aromatic rings. The van der Waals surface area contributed by atoms with Crippen molar-refractivity contribution >= 4 is 18.8 Å². The molecule has 0 nitrogen and oxygen atoms in total. The largest absolute Gasteiger partial charge is 1.00 e. The van der Waals surface area contributed by atoms with Crippen LogP contribution in [0.2, 0.25) is 6.04 Å². The molecule has 133 valence electrons. The minimum Gasteiger partial charge on any atom is -1.00 e. The van der Waals surface area contributed by atoms with Crippen LogP contribution in [0.5, 0.6) is 0 Å². The molecule has 2 aliphatic rings. The average molecular weight is 478 g/mol. The van der Waals surface area contributed by atoms with Crippen molar-refractivity contribution in [1.82, 2.24) is 0 Å². The standard InChI is InChI=1S/2C9H7.C4H9Si.2ClH.Zr/c2*1-2-5-9-7-3-6-8(9)4-1;1-2-3-4-5;;;/h2*1-7H;2-3H,4-5H2,1H3;2*1H;/q;;;;;+2/p-2. The third-order valence-electron chi connectivity index (χ3n) is 5.23. The summed E-state index contributed by atoms with van der Waals surface area (Å²) in [5, 5.41) is 0. The van der Waals surface area contributed by atoms with E-state index in [1.54, 1.807) is 11.1 Å². The van der Waals surface area contributed by atoms with Gasteiger partial charge in [0.1, 0.15) is 0 Å². The zero-order valence-electron chi connectivity index (χ0n) is 14.9. The molecule has 0 N–H and O–H groups in total. The summed E-state index contributed by atoms with van der Waals surface area (Å²) in [5.74, 6) is 0. The molecule has 0 radical (unpaired) electrons. The van der Waals surface area contributed by atoms with Crippen LogP contribution in [0.15, 0.2) is 72.8 Å². The Labute approximate surface area is 178 Å². The van der Waals surface area contributed by atoms with Gasteiger partial charge in [-0.15, -0.1) is 0 Å². The quantitative estimate of drug-likeness (QED) is 0.392. The first-order chi connectivity index (χ1) is 11.9. The first kappa shape index (κ1) is 21.6. The second kappa shape index (κ2) is 10.0. The monoisotopic (exact) mass is 475 g/mol. The van der Waals surface area contributed by atoms with E-state index in [0.29, 0.717) is 0 Å². The van der Waals surface area contributed by atoms with Crippen LogP contribution >= 0.6 is 0 Å². The van der Waals surface area contributed by atoms with Crippen molar-refractivity contribution in [2.75, 3.05) is 0 Å². The Balaban J connectivity index is 0.00000121. The van der Waals surface area contributed by atoms with Gasteiger partial charge in [0.25, 0.3) is 0 Å². The minimum absolute atomic E-state index is 0. The number of benzene rings is 2. The summed E-state index contributed by atoms with van der Waals surface area (Å²) in [6.45, 7) is 2.14. The first-order valence-electron chi connectivity index (χ1n) is 8.89. The maximum Gasteiger partial charge on any atom is -1.00 e. The molecule has 4 rings (SSSR count). The molecular weight excluding hydrogens is 454 g/mol. The Kier molecular flexibility index (Phi) is 8.36. The van der Waals surface area contributed by atoms with E-state index in [1.807, 2.05) is 0 Å². The van der Waals surface area contributed by atoms with E-state index in [9.17, 15) is 0 Å². The third kappa shape index (κ3) is 4.25. The van der Waals surface area contributed by atoms with Crippen LogP contribution in [0.3, 0.4) is 0 Å². The molecule has 2 aromatic carbocycles. The zero-order chi connectivity index (χ0) is 16.4. The summed E-state index contributed by atoms with van der Waals surface area (Å²) in [6.07, 6.45) is 14.5. The van der Waals surface area contributed by atoms with Crippen molar-refractivity contribution in [2.45, 2.75) is 20.2 Å². The van der Waals surface area contributed by atoms with E-state index in [1.165, 1.54) is 17.2 Å². The van der Waals surface area contributed by atoms with Crippen molar-refractivity contribution in [3.05, 3.63) is 95.1 Å². The summed E-state index contributed by atoms with van der Waals surface area (Å²) in [6, 6.07) is 19.5. The summed E-state index contributed by atoms with van der Waals surface area (Å²) in [4.78, 5) is 0. The van der Waals surface area contributed by atoms with E-state index >= 15 is 0 Å². The Morgan fingerprint density at radius 3 is 1.85 bits per heavy atom. The molecule has 0 aromatic heterocycles. The Hall–Kier alpha value is -0.660. The predicted molar refractivity (Wildman–Crippen MR) is 105 cm³/mol. The van der Waals surface area contributed by atoms with Crippen LogP contribution in [0.4, 0.5) is 0 Å². The normalized spacial score (nSPS) is 19.4. The van der Waals surface area contributed by atoms with Crippen molar-refractivity contribution in [1.29, 1.82) is 0 Å².